The highest BCUT2D eigenvalue weighted by Gasteiger charge is 2.31. The minimum absolute atomic E-state index is 0.113. The number of para-hydroxylation sites is 2. The van der Waals surface area contributed by atoms with E-state index in [0.29, 0.717) is 32.8 Å². The van der Waals surface area contributed by atoms with Crippen LogP contribution in [0.2, 0.25) is 0 Å². The monoisotopic (exact) mass is 474 g/mol. The number of anilines is 1. The third-order valence-electron chi connectivity index (χ3n) is 4.96. The molecule has 0 bridgehead atoms. The van der Waals surface area contributed by atoms with E-state index >= 15 is 0 Å². The molecule has 2 amide bonds. The van der Waals surface area contributed by atoms with E-state index in [1.165, 1.54) is 11.8 Å². The molecular formula is C26H22N2O3S2. The predicted molar refractivity (Wildman–Crippen MR) is 137 cm³/mol. The van der Waals surface area contributed by atoms with Crippen LogP contribution in [0, 0.1) is 0 Å². The molecule has 0 unspecified atom stereocenters. The minimum Gasteiger partial charge on any atom is -0.483 e. The zero-order valence-electron chi connectivity index (χ0n) is 17.8. The number of nitrogens with one attached hydrogen (secondary N) is 1. The molecule has 1 heterocycles. The van der Waals surface area contributed by atoms with Gasteiger partial charge in [0, 0.05) is 17.8 Å². The first-order chi connectivity index (χ1) is 16.1. The second-order valence-electron chi connectivity index (χ2n) is 7.31. The summed E-state index contributed by atoms with van der Waals surface area (Å²) in [5.41, 5.74) is 2.58. The number of thiocarbonyl (C=S) groups is 1. The van der Waals surface area contributed by atoms with E-state index in [1.807, 2.05) is 78.9 Å². The van der Waals surface area contributed by atoms with Crippen LogP contribution in [0.4, 0.5) is 5.69 Å². The summed E-state index contributed by atoms with van der Waals surface area (Å²) in [5.74, 6) is 0.149. The van der Waals surface area contributed by atoms with Crippen LogP contribution in [0.15, 0.2) is 89.8 Å². The number of ether oxygens (including phenoxy) is 1. The molecule has 0 aromatic heterocycles. The summed E-state index contributed by atoms with van der Waals surface area (Å²) in [7, 11) is 0. The van der Waals surface area contributed by atoms with Crippen LogP contribution in [-0.4, -0.2) is 34.2 Å². The van der Waals surface area contributed by atoms with Gasteiger partial charge in [-0.15, -0.1) is 0 Å². The van der Waals surface area contributed by atoms with E-state index in [1.54, 1.807) is 17.0 Å². The summed E-state index contributed by atoms with van der Waals surface area (Å²) in [6.45, 7) is 0.390. The third kappa shape index (κ3) is 6.09. The SMILES string of the molecule is O=C(COc1ccccc1/C=C1\SC(=S)N(CCc2ccccc2)C1=O)Nc1ccccc1. The number of carbonyl (C=O) groups excluding carboxylic acids is 2. The number of hydrogen-bond acceptors (Lipinski definition) is 5. The predicted octanol–water partition coefficient (Wildman–Crippen LogP) is 5.15. The summed E-state index contributed by atoms with van der Waals surface area (Å²) in [4.78, 5) is 27.4. The Hall–Kier alpha value is -3.42. The number of hydrogen-bond donors (Lipinski definition) is 1. The minimum atomic E-state index is -0.261. The van der Waals surface area contributed by atoms with Gasteiger partial charge in [0.15, 0.2) is 6.61 Å². The second kappa shape index (κ2) is 10.9. The molecule has 5 nitrogen and oxygen atoms in total. The van der Waals surface area contributed by atoms with Gasteiger partial charge < -0.3 is 10.1 Å². The van der Waals surface area contributed by atoms with Gasteiger partial charge in [0.05, 0.1) is 4.91 Å². The van der Waals surface area contributed by atoms with Gasteiger partial charge in [0.25, 0.3) is 11.8 Å². The van der Waals surface area contributed by atoms with Gasteiger partial charge in [-0.25, -0.2) is 0 Å². The van der Waals surface area contributed by atoms with Crippen molar-refractivity contribution in [3.05, 3.63) is 101 Å². The molecule has 3 aromatic rings. The van der Waals surface area contributed by atoms with Crippen LogP contribution in [0.1, 0.15) is 11.1 Å². The van der Waals surface area contributed by atoms with Crippen molar-refractivity contribution in [3.8, 4) is 5.75 Å². The Kier molecular flexibility index (Phi) is 7.55. The second-order valence-corrected chi connectivity index (χ2v) is 8.99. The number of thioether (sulfide) groups is 1. The van der Waals surface area contributed by atoms with Crippen molar-refractivity contribution in [2.75, 3.05) is 18.5 Å². The molecule has 4 rings (SSSR count). The van der Waals surface area contributed by atoms with Crippen LogP contribution < -0.4 is 10.1 Å². The molecule has 0 aliphatic carbocycles. The molecule has 3 aromatic carbocycles. The first-order valence-corrected chi connectivity index (χ1v) is 11.7. The lowest BCUT2D eigenvalue weighted by molar-refractivity contribution is -0.122. The van der Waals surface area contributed by atoms with Crippen molar-refractivity contribution in [2.45, 2.75) is 6.42 Å². The van der Waals surface area contributed by atoms with Crippen molar-refractivity contribution in [3.63, 3.8) is 0 Å². The number of carbonyl (C=O) groups is 2. The lowest BCUT2D eigenvalue weighted by Crippen LogP contribution is -2.30. The van der Waals surface area contributed by atoms with Gasteiger partial charge in [0.1, 0.15) is 10.1 Å². The van der Waals surface area contributed by atoms with Gasteiger partial charge in [-0.1, -0.05) is 90.7 Å². The Morgan fingerprint density at radius 3 is 2.39 bits per heavy atom. The normalized spacial score (nSPS) is 14.5. The fraction of sp³-hybridized carbons (Fsp3) is 0.115. The quantitative estimate of drug-likeness (QED) is 0.362. The molecule has 0 saturated carbocycles. The van der Waals surface area contributed by atoms with Crippen molar-refractivity contribution in [1.29, 1.82) is 0 Å². The molecule has 0 atom stereocenters. The molecule has 1 saturated heterocycles. The highest BCUT2D eigenvalue weighted by Crippen LogP contribution is 2.34. The largest absolute Gasteiger partial charge is 0.483 e. The van der Waals surface area contributed by atoms with Crippen LogP contribution in [0.3, 0.4) is 0 Å². The Labute approximate surface area is 202 Å². The maximum atomic E-state index is 13.0. The lowest BCUT2D eigenvalue weighted by atomic mass is 10.1. The van der Waals surface area contributed by atoms with Crippen molar-refractivity contribution < 1.29 is 14.3 Å². The average Bonchev–Trinajstić information content (AvgIpc) is 3.10. The molecular weight excluding hydrogens is 452 g/mol. The van der Waals surface area contributed by atoms with Crippen LogP contribution in [-0.2, 0) is 16.0 Å². The van der Waals surface area contributed by atoms with Crippen LogP contribution in [0.25, 0.3) is 6.08 Å². The molecule has 1 aliphatic rings. The Balaban J connectivity index is 1.41. The standard InChI is InChI=1S/C26H22N2O3S2/c29-24(27-21-12-5-2-6-13-21)18-31-22-14-8-7-11-20(22)17-23-25(30)28(26(32)33-23)16-15-19-9-3-1-4-10-19/h1-14,17H,15-16,18H2,(H,27,29)/b23-17-. The molecule has 0 radical (unpaired) electrons. The van der Waals surface area contributed by atoms with Gasteiger partial charge in [-0.05, 0) is 36.3 Å². The van der Waals surface area contributed by atoms with E-state index < -0.39 is 0 Å². The third-order valence-corrected chi connectivity index (χ3v) is 6.34. The Bertz CT molecular complexity index is 1180. The fourth-order valence-electron chi connectivity index (χ4n) is 3.31. The number of nitrogens with zero attached hydrogens (tertiary/aromatic N) is 1. The molecule has 1 N–H and O–H groups in total. The van der Waals surface area contributed by atoms with E-state index in [4.69, 9.17) is 17.0 Å². The van der Waals surface area contributed by atoms with Gasteiger partial charge in [0.2, 0.25) is 0 Å². The zero-order chi connectivity index (χ0) is 23.0. The number of amides is 2. The number of benzene rings is 3. The van der Waals surface area contributed by atoms with E-state index in [2.05, 4.69) is 5.32 Å². The summed E-state index contributed by atoms with van der Waals surface area (Å²) < 4.78 is 6.30. The van der Waals surface area contributed by atoms with Crippen LogP contribution >= 0.6 is 24.0 Å². The lowest BCUT2D eigenvalue weighted by Gasteiger charge is -2.14. The van der Waals surface area contributed by atoms with Gasteiger partial charge in [-0.2, -0.15) is 0 Å². The van der Waals surface area contributed by atoms with Crippen molar-refractivity contribution >= 4 is 51.9 Å². The molecule has 1 aliphatic heterocycles. The zero-order valence-corrected chi connectivity index (χ0v) is 19.4. The first-order valence-electron chi connectivity index (χ1n) is 10.5. The van der Waals surface area contributed by atoms with E-state index in [0.717, 1.165) is 12.0 Å². The Morgan fingerprint density at radius 1 is 0.970 bits per heavy atom. The summed E-state index contributed by atoms with van der Waals surface area (Å²) in [5, 5.41) is 2.79. The average molecular weight is 475 g/mol. The van der Waals surface area contributed by atoms with Crippen molar-refractivity contribution in [2.24, 2.45) is 0 Å². The number of rotatable bonds is 8. The van der Waals surface area contributed by atoms with Crippen molar-refractivity contribution in [1.82, 2.24) is 4.90 Å². The van der Waals surface area contributed by atoms with Gasteiger partial charge >= 0.3 is 0 Å². The van der Waals surface area contributed by atoms with Gasteiger partial charge in [-0.3, -0.25) is 14.5 Å². The highest BCUT2D eigenvalue weighted by molar-refractivity contribution is 8.26. The van der Waals surface area contributed by atoms with E-state index in [9.17, 15) is 9.59 Å². The smallest absolute Gasteiger partial charge is 0.266 e. The molecule has 33 heavy (non-hydrogen) atoms. The van der Waals surface area contributed by atoms with E-state index in [-0.39, 0.29) is 18.4 Å². The highest BCUT2D eigenvalue weighted by atomic mass is 32.2. The van der Waals surface area contributed by atoms with Crippen LogP contribution in [0.5, 0.6) is 5.75 Å². The molecule has 1 fully saturated rings. The molecule has 0 spiro atoms. The summed E-state index contributed by atoms with van der Waals surface area (Å²) in [6.07, 6.45) is 2.50. The molecule has 166 valence electrons. The topological polar surface area (TPSA) is 58.6 Å². The first kappa shape index (κ1) is 22.8. The maximum absolute atomic E-state index is 13.0. The molecule has 7 heteroatoms. The Morgan fingerprint density at radius 2 is 1.64 bits per heavy atom. The maximum Gasteiger partial charge on any atom is 0.266 e. The summed E-state index contributed by atoms with van der Waals surface area (Å²) in [6, 6.07) is 26.5. The summed E-state index contributed by atoms with van der Waals surface area (Å²) >= 11 is 6.73. The fourth-order valence-corrected chi connectivity index (χ4v) is 4.61.